The van der Waals surface area contributed by atoms with Crippen LogP contribution in [-0.4, -0.2) is 41.9 Å². The van der Waals surface area contributed by atoms with Crippen molar-refractivity contribution in [1.29, 1.82) is 0 Å². The molecule has 1 aromatic carbocycles. The third-order valence-corrected chi connectivity index (χ3v) is 5.02. The lowest BCUT2D eigenvalue weighted by molar-refractivity contribution is -0.171. The number of benzene rings is 1. The van der Waals surface area contributed by atoms with Crippen LogP contribution in [0.15, 0.2) is 18.2 Å². The molecule has 2 aliphatic heterocycles. The maximum absolute atomic E-state index is 12.7. The van der Waals surface area contributed by atoms with Gasteiger partial charge in [-0.25, -0.2) is 0 Å². The fourth-order valence-corrected chi connectivity index (χ4v) is 3.53. The first-order valence-electron chi connectivity index (χ1n) is 8.60. The van der Waals surface area contributed by atoms with Crippen molar-refractivity contribution in [3.05, 3.63) is 34.9 Å². The second-order valence-corrected chi connectivity index (χ2v) is 7.07. The van der Waals surface area contributed by atoms with E-state index in [1.807, 2.05) is 24.4 Å². The second-order valence-electron chi connectivity index (χ2n) is 7.07. The van der Waals surface area contributed by atoms with Crippen LogP contribution in [0, 0.1) is 12.8 Å². The molecule has 3 amide bonds. The summed E-state index contributed by atoms with van der Waals surface area (Å²) in [7, 11) is 1.61. The van der Waals surface area contributed by atoms with Gasteiger partial charge in [-0.1, -0.05) is 23.8 Å². The summed E-state index contributed by atoms with van der Waals surface area (Å²) in [6, 6.07) is 2.58. The van der Waals surface area contributed by atoms with E-state index in [0.29, 0.717) is 12.1 Å². The van der Waals surface area contributed by atoms with Crippen LogP contribution >= 0.6 is 0 Å². The summed E-state index contributed by atoms with van der Waals surface area (Å²) in [6.07, 6.45) is -5.14. The van der Waals surface area contributed by atoms with Gasteiger partial charge in [0.15, 0.2) is 0 Å². The number of rotatable bonds is 2. The molecule has 0 bridgehead atoms. The van der Waals surface area contributed by atoms with Crippen LogP contribution in [-0.2, 0) is 20.9 Å². The van der Waals surface area contributed by atoms with Gasteiger partial charge in [-0.3, -0.25) is 14.4 Å². The highest BCUT2D eigenvalue weighted by Crippen LogP contribution is 2.31. The molecule has 146 valence electrons. The maximum Gasteiger partial charge on any atom is 0.408 e. The van der Waals surface area contributed by atoms with E-state index in [2.05, 4.69) is 5.32 Å². The van der Waals surface area contributed by atoms with E-state index in [9.17, 15) is 27.6 Å². The first kappa shape index (κ1) is 19.2. The smallest absolute Gasteiger partial charge is 0.344 e. The van der Waals surface area contributed by atoms with E-state index >= 15 is 0 Å². The molecule has 3 atom stereocenters. The number of carbonyl (C=O) groups is 3. The Kier molecular flexibility index (Phi) is 4.88. The Labute approximate surface area is 154 Å². The van der Waals surface area contributed by atoms with E-state index < -0.39 is 36.0 Å². The number of halogens is 3. The normalized spacial score (nSPS) is 25.7. The van der Waals surface area contributed by atoms with Crippen LogP contribution in [0.5, 0.6) is 0 Å². The number of hydrogen-bond acceptors (Lipinski definition) is 3. The molecule has 6 nitrogen and oxygen atoms in total. The summed E-state index contributed by atoms with van der Waals surface area (Å²) in [5, 5.41) is 4.41. The van der Waals surface area contributed by atoms with E-state index in [0.717, 1.165) is 11.1 Å². The highest BCUT2D eigenvalue weighted by Gasteiger charge is 2.46. The molecular weight excluding hydrogens is 363 g/mol. The molecule has 27 heavy (non-hydrogen) atoms. The van der Waals surface area contributed by atoms with Gasteiger partial charge in [0.25, 0.3) is 0 Å². The SMILES string of the molecule is Cc1ccc2c(c1)CN(C)C(=O)C2NC(=O)C1CCC(C(F)(F)F)NC1=O. The first-order chi connectivity index (χ1) is 12.6. The fourth-order valence-electron chi connectivity index (χ4n) is 3.53. The highest BCUT2D eigenvalue weighted by atomic mass is 19.4. The van der Waals surface area contributed by atoms with Gasteiger partial charge < -0.3 is 15.5 Å². The van der Waals surface area contributed by atoms with E-state index in [1.54, 1.807) is 13.1 Å². The third-order valence-electron chi connectivity index (χ3n) is 5.02. The number of piperidine rings is 1. The molecule has 0 spiro atoms. The molecule has 2 N–H and O–H groups in total. The highest BCUT2D eigenvalue weighted by molar-refractivity contribution is 6.02. The first-order valence-corrected chi connectivity index (χ1v) is 8.60. The van der Waals surface area contributed by atoms with E-state index in [4.69, 9.17) is 0 Å². The van der Waals surface area contributed by atoms with Crippen LogP contribution in [0.25, 0.3) is 0 Å². The molecule has 1 saturated heterocycles. The Morgan fingerprint density at radius 1 is 1.26 bits per heavy atom. The summed E-state index contributed by atoms with van der Waals surface area (Å²) in [5.41, 5.74) is 2.53. The van der Waals surface area contributed by atoms with E-state index in [-0.39, 0.29) is 18.7 Å². The standard InChI is InChI=1S/C18H20F3N3O3/c1-9-3-4-11-10(7-9)8-24(2)17(27)14(11)23-16(26)12-5-6-13(18(19,20)21)22-15(12)25/h3-4,7,12-14H,5-6,8H2,1-2H3,(H,22,25)(H,23,26). The summed E-state index contributed by atoms with van der Waals surface area (Å²) in [4.78, 5) is 38.5. The molecule has 3 unspecified atom stereocenters. The van der Waals surface area contributed by atoms with Gasteiger partial charge in [-0.2, -0.15) is 13.2 Å². The van der Waals surface area contributed by atoms with Crippen molar-refractivity contribution in [2.75, 3.05) is 7.05 Å². The van der Waals surface area contributed by atoms with Crippen molar-refractivity contribution in [2.45, 2.75) is 44.6 Å². The Hall–Kier alpha value is -2.58. The van der Waals surface area contributed by atoms with Gasteiger partial charge >= 0.3 is 6.18 Å². The van der Waals surface area contributed by atoms with Crippen molar-refractivity contribution in [2.24, 2.45) is 5.92 Å². The van der Waals surface area contributed by atoms with E-state index in [1.165, 1.54) is 4.90 Å². The number of nitrogens with one attached hydrogen (secondary N) is 2. The Balaban J connectivity index is 1.76. The van der Waals surface area contributed by atoms with Gasteiger partial charge in [0, 0.05) is 13.6 Å². The van der Waals surface area contributed by atoms with Gasteiger partial charge in [-0.15, -0.1) is 0 Å². The maximum atomic E-state index is 12.7. The Morgan fingerprint density at radius 2 is 1.96 bits per heavy atom. The number of aryl methyl sites for hydroxylation is 1. The largest absolute Gasteiger partial charge is 0.408 e. The third kappa shape index (κ3) is 3.77. The predicted molar refractivity (Wildman–Crippen MR) is 89.2 cm³/mol. The number of amides is 3. The van der Waals surface area contributed by atoms with Crippen molar-refractivity contribution in [3.8, 4) is 0 Å². The number of hydrogen-bond donors (Lipinski definition) is 2. The average molecular weight is 383 g/mol. The minimum atomic E-state index is -4.55. The van der Waals surface area contributed by atoms with Gasteiger partial charge in [0.2, 0.25) is 17.7 Å². The molecule has 0 radical (unpaired) electrons. The minimum Gasteiger partial charge on any atom is -0.344 e. The van der Waals surface area contributed by atoms with Crippen molar-refractivity contribution >= 4 is 17.7 Å². The number of carbonyl (C=O) groups excluding carboxylic acids is 3. The molecule has 0 aliphatic carbocycles. The van der Waals surface area contributed by atoms with Crippen molar-refractivity contribution in [1.82, 2.24) is 15.5 Å². The Bertz CT molecular complexity index is 794. The molecule has 0 saturated carbocycles. The average Bonchev–Trinajstić information content (AvgIpc) is 2.57. The molecule has 2 heterocycles. The summed E-state index contributed by atoms with van der Waals surface area (Å²) < 4.78 is 38.2. The van der Waals surface area contributed by atoms with Crippen LogP contribution < -0.4 is 10.6 Å². The zero-order valence-electron chi connectivity index (χ0n) is 14.9. The molecular formula is C18H20F3N3O3. The minimum absolute atomic E-state index is 0.223. The number of alkyl halides is 3. The molecule has 9 heteroatoms. The molecule has 0 aromatic heterocycles. The summed E-state index contributed by atoms with van der Waals surface area (Å²) >= 11 is 0. The van der Waals surface area contributed by atoms with Gasteiger partial charge in [-0.05, 0) is 30.9 Å². The van der Waals surface area contributed by atoms with Crippen molar-refractivity contribution < 1.29 is 27.6 Å². The van der Waals surface area contributed by atoms with Crippen LogP contribution in [0.3, 0.4) is 0 Å². The van der Waals surface area contributed by atoms with Crippen LogP contribution in [0.4, 0.5) is 13.2 Å². The summed E-state index contributed by atoms with van der Waals surface area (Å²) in [5.74, 6) is -3.29. The second kappa shape index (κ2) is 6.86. The van der Waals surface area contributed by atoms with Crippen LogP contribution in [0.2, 0.25) is 0 Å². The summed E-state index contributed by atoms with van der Waals surface area (Å²) in [6.45, 7) is 2.31. The number of likely N-dealkylation sites (N-methyl/N-ethyl adjacent to an activating group) is 1. The van der Waals surface area contributed by atoms with Crippen LogP contribution in [0.1, 0.15) is 35.6 Å². The zero-order chi connectivity index (χ0) is 19.9. The quantitative estimate of drug-likeness (QED) is 0.762. The lowest BCUT2D eigenvalue weighted by atomic mass is 9.90. The topological polar surface area (TPSA) is 78.5 Å². The zero-order valence-corrected chi connectivity index (χ0v) is 14.9. The molecule has 3 rings (SSSR count). The van der Waals surface area contributed by atoms with Crippen molar-refractivity contribution in [3.63, 3.8) is 0 Å². The number of fused-ring (bicyclic) bond motifs is 1. The molecule has 2 aliphatic rings. The Morgan fingerprint density at radius 3 is 2.59 bits per heavy atom. The lowest BCUT2D eigenvalue weighted by Crippen LogP contribution is -2.55. The fraction of sp³-hybridized carbons (Fsp3) is 0.500. The predicted octanol–water partition coefficient (Wildman–Crippen LogP) is 1.58. The molecule has 1 fully saturated rings. The number of nitrogens with zero attached hydrogens (tertiary/aromatic N) is 1. The lowest BCUT2D eigenvalue weighted by Gasteiger charge is -2.34. The van der Waals surface area contributed by atoms with Gasteiger partial charge in [0.1, 0.15) is 18.0 Å². The monoisotopic (exact) mass is 383 g/mol. The molecule has 1 aromatic rings. The van der Waals surface area contributed by atoms with Gasteiger partial charge in [0.05, 0.1) is 0 Å².